The lowest BCUT2D eigenvalue weighted by atomic mass is 10.1. The van der Waals surface area contributed by atoms with Gasteiger partial charge < -0.3 is 10.2 Å². The lowest BCUT2D eigenvalue weighted by Gasteiger charge is -2.31. The van der Waals surface area contributed by atoms with Crippen molar-refractivity contribution >= 4 is 0 Å². The van der Waals surface area contributed by atoms with Crippen molar-refractivity contribution in [2.75, 3.05) is 26.7 Å². The highest BCUT2D eigenvalue weighted by molar-refractivity contribution is 4.75. The fourth-order valence-electron chi connectivity index (χ4n) is 1.58. The van der Waals surface area contributed by atoms with Crippen molar-refractivity contribution < 1.29 is 0 Å². The van der Waals surface area contributed by atoms with Crippen LogP contribution in [0, 0.1) is 0 Å². The lowest BCUT2D eigenvalue weighted by Crippen LogP contribution is -2.44. The first-order valence-corrected chi connectivity index (χ1v) is 6.26. The van der Waals surface area contributed by atoms with Crippen molar-refractivity contribution in [3.8, 4) is 0 Å². The van der Waals surface area contributed by atoms with Gasteiger partial charge in [-0.15, -0.1) is 0 Å². The maximum Gasteiger partial charge on any atom is 0.0192 e. The number of hydrogen-bond donors (Lipinski definition) is 1. The Morgan fingerprint density at radius 2 is 1.79 bits per heavy atom. The maximum absolute atomic E-state index is 3.33. The molecule has 1 saturated heterocycles. The van der Waals surface area contributed by atoms with Crippen molar-refractivity contribution in [3.63, 3.8) is 0 Å². The van der Waals surface area contributed by atoms with Gasteiger partial charge >= 0.3 is 0 Å². The second kappa shape index (κ2) is 12.9. The minimum atomic E-state index is 0.744. The molecule has 0 aromatic heterocycles. The summed E-state index contributed by atoms with van der Waals surface area (Å²) in [5.74, 6) is 0. The minimum absolute atomic E-state index is 0.744. The van der Waals surface area contributed by atoms with Crippen LogP contribution >= 0.6 is 0 Å². The highest BCUT2D eigenvalue weighted by Gasteiger charge is 2.15. The number of likely N-dealkylation sites (tertiary alicyclic amines) is 1. The Hall–Kier alpha value is -0.0800. The Kier molecular flexibility index (Phi) is 15.1. The van der Waals surface area contributed by atoms with Crippen molar-refractivity contribution in [2.24, 2.45) is 0 Å². The van der Waals surface area contributed by atoms with Crippen LogP contribution in [0.3, 0.4) is 0 Å². The molecule has 1 N–H and O–H groups in total. The van der Waals surface area contributed by atoms with Gasteiger partial charge in [-0.05, 0) is 33.0 Å². The second-order valence-electron chi connectivity index (χ2n) is 3.02. The second-order valence-corrected chi connectivity index (χ2v) is 3.02. The molecule has 14 heavy (non-hydrogen) atoms. The predicted molar refractivity (Wildman–Crippen MR) is 66.9 cm³/mol. The zero-order chi connectivity index (χ0) is 11.4. The molecule has 0 aliphatic carbocycles. The zero-order valence-electron chi connectivity index (χ0n) is 11.1. The van der Waals surface area contributed by atoms with Crippen molar-refractivity contribution in [3.05, 3.63) is 0 Å². The molecule has 1 aliphatic heterocycles. The number of hydrogen-bond acceptors (Lipinski definition) is 2. The van der Waals surface area contributed by atoms with Crippen LogP contribution in [-0.2, 0) is 0 Å². The average Bonchev–Trinajstić information content (AvgIpc) is 2.34. The van der Waals surface area contributed by atoms with Crippen LogP contribution in [0.4, 0.5) is 0 Å². The standard InChI is InChI=1S/C8H18N2.2C2H6/c1-3-10-6-4-5-8(7-10)9-2;2*1-2/h8-9H,3-7H2,1-2H3;2*1-2H3. The van der Waals surface area contributed by atoms with Gasteiger partial charge in [-0.3, -0.25) is 0 Å². The summed E-state index contributed by atoms with van der Waals surface area (Å²) in [4.78, 5) is 2.50. The Balaban J connectivity index is 0. The van der Waals surface area contributed by atoms with E-state index in [0.29, 0.717) is 0 Å². The SMILES string of the molecule is CC.CC.CCN1CCCC(NC)C1. The molecule has 1 heterocycles. The van der Waals surface area contributed by atoms with Gasteiger partial charge in [0.2, 0.25) is 0 Å². The molecule has 0 saturated carbocycles. The van der Waals surface area contributed by atoms with E-state index in [0.717, 1.165) is 6.04 Å². The van der Waals surface area contributed by atoms with E-state index in [2.05, 4.69) is 24.2 Å². The Labute approximate surface area is 91.1 Å². The van der Waals surface area contributed by atoms with E-state index in [9.17, 15) is 0 Å². The van der Waals surface area contributed by atoms with Gasteiger partial charge in [-0.2, -0.15) is 0 Å². The van der Waals surface area contributed by atoms with Crippen LogP contribution in [0.1, 0.15) is 47.5 Å². The zero-order valence-corrected chi connectivity index (χ0v) is 11.1. The Morgan fingerprint density at radius 3 is 2.21 bits per heavy atom. The summed E-state index contributed by atoms with van der Waals surface area (Å²) in [6.07, 6.45) is 2.71. The number of nitrogens with one attached hydrogen (secondary N) is 1. The Bertz CT molecular complexity index is 84.3. The summed E-state index contributed by atoms with van der Waals surface area (Å²) in [7, 11) is 2.06. The summed E-state index contributed by atoms with van der Waals surface area (Å²) in [6, 6.07) is 0.744. The van der Waals surface area contributed by atoms with E-state index in [-0.39, 0.29) is 0 Å². The van der Waals surface area contributed by atoms with Crippen molar-refractivity contribution in [2.45, 2.75) is 53.5 Å². The van der Waals surface area contributed by atoms with Gasteiger partial charge in [0.1, 0.15) is 0 Å². The summed E-state index contributed by atoms with van der Waals surface area (Å²) in [5, 5.41) is 3.33. The molecule has 2 nitrogen and oxygen atoms in total. The average molecular weight is 202 g/mol. The van der Waals surface area contributed by atoms with Gasteiger partial charge in [0.15, 0.2) is 0 Å². The van der Waals surface area contributed by atoms with Crippen LogP contribution in [0.15, 0.2) is 0 Å². The highest BCUT2D eigenvalue weighted by Crippen LogP contribution is 2.08. The van der Waals surface area contributed by atoms with Crippen LogP contribution in [0.25, 0.3) is 0 Å². The molecule has 1 rings (SSSR count). The third-order valence-corrected chi connectivity index (χ3v) is 2.36. The van der Waals surface area contributed by atoms with Gasteiger partial charge in [0.05, 0.1) is 0 Å². The predicted octanol–water partition coefficient (Wildman–Crippen LogP) is 2.74. The molecule has 0 aromatic rings. The van der Waals surface area contributed by atoms with E-state index in [4.69, 9.17) is 0 Å². The van der Waals surface area contributed by atoms with Gasteiger partial charge in [-0.25, -0.2) is 0 Å². The fourth-order valence-corrected chi connectivity index (χ4v) is 1.58. The molecule has 0 amide bonds. The largest absolute Gasteiger partial charge is 0.316 e. The van der Waals surface area contributed by atoms with Gasteiger partial charge in [0, 0.05) is 12.6 Å². The van der Waals surface area contributed by atoms with Crippen LogP contribution in [0.5, 0.6) is 0 Å². The molecule has 0 spiro atoms. The third-order valence-electron chi connectivity index (χ3n) is 2.36. The monoisotopic (exact) mass is 202 g/mol. The first kappa shape index (κ1) is 16.4. The first-order chi connectivity index (χ1) is 6.86. The topological polar surface area (TPSA) is 15.3 Å². The normalized spacial score (nSPS) is 21.4. The highest BCUT2D eigenvalue weighted by atomic mass is 15.1. The maximum atomic E-state index is 3.33. The minimum Gasteiger partial charge on any atom is -0.316 e. The lowest BCUT2D eigenvalue weighted by molar-refractivity contribution is 0.204. The number of nitrogens with zero attached hydrogens (tertiary/aromatic N) is 1. The molecule has 0 radical (unpaired) electrons. The summed E-state index contributed by atoms with van der Waals surface area (Å²) in [5.41, 5.74) is 0. The molecular weight excluding hydrogens is 172 g/mol. The molecular formula is C12H30N2. The molecule has 1 atom stereocenters. The smallest absolute Gasteiger partial charge is 0.0192 e. The summed E-state index contributed by atoms with van der Waals surface area (Å²) in [6.45, 7) is 14.0. The van der Waals surface area contributed by atoms with E-state index >= 15 is 0 Å². The van der Waals surface area contributed by atoms with Crippen LogP contribution in [0.2, 0.25) is 0 Å². The summed E-state index contributed by atoms with van der Waals surface area (Å²) >= 11 is 0. The van der Waals surface area contributed by atoms with E-state index in [1.807, 2.05) is 27.7 Å². The van der Waals surface area contributed by atoms with E-state index in [1.165, 1.54) is 32.5 Å². The number of piperidine rings is 1. The first-order valence-electron chi connectivity index (χ1n) is 6.26. The van der Waals surface area contributed by atoms with E-state index in [1.54, 1.807) is 0 Å². The van der Waals surface area contributed by atoms with Crippen LogP contribution in [-0.4, -0.2) is 37.6 Å². The molecule has 1 unspecified atom stereocenters. The molecule has 0 bridgehead atoms. The van der Waals surface area contributed by atoms with Gasteiger partial charge in [0.25, 0.3) is 0 Å². The molecule has 0 aromatic carbocycles. The molecule has 1 fully saturated rings. The molecule has 88 valence electrons. The Morgan fingerprint density at radius 1 is 1.21 bits per heavy atom. The number of rotatable bonds is 2. The summed E-state index contributed by atoms with van der Waals surface area (Å²) < 4.78 is 0. The quantitative estimate of drug-likeness (QED) is 0.741. The van der Waals surface area contributed by atoms with Crippen molar-refractivity contribution in [1.29, 1.82) is 0 Å². The van der Waals surface area contributed by atoms with Gasteiger partial charge in [-0.1, -0.05) is 34.6 Å². The van der Waals surface area contributed by atoms with E-state index < -0.39 is 0 Å². The third kappa shape index (κ3) is 7.34. The van der Waals surface area contributed by atoms with Crippen molar-refractivity contribution in [1.82, 2.24) is 10.2 Å². The van der Waals surface area contributed by atoms with Crippen LogP contribution < -0.4 is 5.32 Å². The fraction of sp³-hybridized carbons (Fsp3) is 1.00. The number of likely N-dealkylation sites (N-methyl/N-ethyl adjacent to an activating group) is 2. The molecule has 2 heteroatoms. The molecule has 1 aliphatic rings.